The lowest BCUT2D eigenvalue weighted by Crippen LogP contribution is -2.41. The van der Waals surface area contributed by atoms with Gasteiger partial charge in [-0.15, -0.1) is 9.36 Å². The zero-order valence-corrected chi connectivity index (χ0v) is 12.7. The van der Waals surface area contributed by atoms with Crippen molar-refractivity contribution >= 4 is 10.1 Å². The van der Waals surface area contributed by atoms with E-state index < -0.39 is 10.1 Å². The van der Waals surface area contributed by atoms with Crippen LogP contribution in [0.5, 0.6) is 0 Å². The molecule has 0 aliphatic heterocycles. The van der Waals surface area contributed by atoms with Gasteiger partial charge in [-0.25, -0.2) is 8.42 Å². The van der Waals surface area contributed by atoms with Crippen LogP contribution in [0.4, 0.5) is 0 Å². The summed E-state index contributed by atoms with van der Waals surface area (Å²) in [4.78, 5) is -0.0851. The van der Waals surface area contributed by atoms with Crippen LogP contribution in [0.15, 0.2) is 29.7 Å². The Bertz CT molecular complexity index is 668. The number of nitrogen functional groups attached to an aromatic ring is 1. The average Bonchev–Trinajstić information content (AvgIpc) is 2.59. The van der Waals surface area contributed by atoms with Crippen LogP contribution >= 0.6 is 0 Å². The maximum absolute atomic E-state index is 10.8. The lowest BCUT2D eigenvalue weighted by Gasteiger charge is -2.14. The molecule has 0 radical (unpaired) electrons. The number of rotatable bonds is 1. The van der Waals surface area contributed by atoms with E-state index in [1.807, 2.05) is 14.0 Å². The van der Waals surface area contributed by atoms with E-state index in [0.29, 0.717) is 11.1 Å². The van der Waals surface area contributed by atoms with Gasteiger partial charge in [0.05, 0.1) is 11.9 Å². The van der Waals surface area contributed by atoms with Crippen LogP contribution in [-0.4, -0.2) is 22.8 Å². The molecule has 0 amide bonds. The van der Waals surface area contributed by atoms with Crippen molar-refractivity contribution in [2.24, 2.45) is 7.05 Å². The van der Waals surface area contributed by atoms with Crippen LogP contribution in [0.25, 0.3) is 0 Å². The molecular formula is C12H18N4O3S. The molecule has 0 aliphatic rings. The van der Waals surface area contributed by atoms with Gasteiger partial charge < -0.3 is 4.55 Å². The van der Waals surface area contributed by atoms with Crippen molar-refractivity contribution in [1.82, 2.24) is 9.78 Å². The Hall–Kier alpha value is -1.93. The minimum absolute atomic E-state index is 0.0851. The molecule has 0 fully saturated rings. The number of hydrogen-bond donors (Lipinski definition) is 1. The van der Waals surface area contributed by atoms with Gasteiger partial charge in [-0.3, -0.25) is 5.84 Å². The lowest BCUT2D eigenvalue weighted by atomic mass is 10.1. The molecule has 0 bridgehead atoms. The predicted octanol–water partition coefficient (Wildman–Crippen LogP) is -0.0626. The molecule has 110 valence electrons. The normalized spacial score (nSPS) is 10.8. The Morgan fingerprint density at radius 1 is 1.25 bits per heavy atom. The molecule has 0 spiro atoms. The van der Waals surface area contributed by atoms with E-state index in [2.05, 4.69) is 5.10 Å². The van der Waals surface area contributed by atoms with E-state index >= 15 is 0 Å². The van der Waals surface area contributed by atoms with Crippen LogP contribution < -0.4 is 10.5 Å². The van der Waals surface area contributed by atoms with Gasteiger partial charge in [-0.05, 0) is 31.9 Å². The van der Waals surface area contributed by atoms with Crippen LogP contribution in [0.1, 0.15) is 16.7 Å². The number of nitrogens with two attached hydrogens (primary N) is 1. The molecule has 2 aromatic rings. The van der Waals surface area contributed by atoms with E-state index in [-0.39, 0.29) is 4.90 Å². The first kappa shape index (κ1) is 16.1. The molecule has 20 heavy (non-hydrogen) atoms. The summed E-state index contributed by atoms with van der Waals surface area (Å²) in [6.45, 7) is 5.12. The van der Waals surface area contributed by atoms with Gasteiger partial charge in [0.2, 0.25) is 6.33 Å². The quantitative estimate of drug-likeness (QED) is 0.451. The molecule has 0 saturated carbocycles. The van der Waals surface area contributed by atoms with E-state index in [1.165, 1.54) is 11.0 Å². The standard InChI is InChI=1S/C9H12O3S.C3H7N4/c1-6-4-7(2)9(8(3)5-6)13(10,11)12;1-6-3-7(4)2-5-6/h4-5H,1-3H3,(H,10,11,12);2-3H,4H2,1H3/q;+1/p-1. The third-order valence-corrected chi connectivity index (χ3v) is 3.67. The Balaban J connectivity index is 0.000000240. The summed E-state index contributed by atoms with van der Waals surface area (Å²) in [6.07, 6.45) is 3.19. The number of aryl methyl sites for hydroxylation is 4. The van der Waals surface area contributed by atoms with Gasteiger partial charge in [-0.1, -0.05) is 17.7 Å². The first-order valence-corrected chi connectivity index (χ1v) is 7.21. The molecule has 2 rings (SSSR count). The highest BCUT2D eigenvalue weighted by Gasteiger charge is 2.09. The lowest BCUT2D eigenvalue weighted by molar-refractivity contribution is -0.639. The van der Waals surface area contributed by atoms with Gasteiger partial charge in [0, 0.05) is 5.10 Å². The van der Waals surface area contributed by atoms with Crippen molar-refractivity contribution < 1.29 is 17.6 Å². The van der Waals surface area contributed by atoms with Crippen molar-refractivity contribution in [1.29, 1.82) is 0 Å². The van der Waals surface area contributed by atoms with Crippen molar-refractivity contribution in [2.75, 3.05) is 5.84 Å². The fourth-order valence-corrected chi connectivity index (χ4v) is 2.86. The van der Waals surface area contributed by atoms with Crippen molar-refractivity contribution in [3.63, 3.8) is 0 Å². The molecule has 0 saturated heterocycles. The minimum Gasteiger partial charge on any atom is -0.744 e. The van der Waals surface area contributed by atoms with Gasteiger partial charge in [-0.2, -0.15) is 0 Å². The molecule has 1 heterocycles. The van der Waals surface area contributed by atoms with Crippen LogP contribution in [0, 0.1) is 20.8 Å². The van der Waals surface area contributed by atoms with Crippen LogP contribution in [0.2, 0.25) is 0 Å². The SMILES string of the molecule is Cc1cc(C)c(S(=O)(=O)[O-])c(C)c1.Cn1c[n+](N)cn1. The summed E-state index contributed by atoms with van der Waals surface area (Å²) in [5.74, 6) is 5.21. The number of hydrogen-bond acceptors (Lipinski definition) is 5. The maximum Gasteiger partial charge on any atom is 0.286 e. The van der Waals surface area contributed by atoms with Crippen LogP contribution in [0.3, 0.4) is 0 Å². The van der Waals surface area contributed by atoms with Gasteiger partial charge in [0.1, 0.15) is 10.1 Å². The maximum atomic E-state index is 10.8. The van der Waals surface area contributed by atoms with E-state index in [0.717, 1.165) is 5.56 Å². The summed E-state index contributed by atoms with van der Waals surface area (Å²) < 4.78 is 35.5. The molecule has 0 unspecified atom stereocenters. The first-order valence-electron chi connectivity index (χ1n) is 5.80. The predicted molar refractivity (Wildman–Crippen MR) is 72.2 cm³/mol. The molecule has 0 aliphatic carbocycles. The van der Waals surface area contributed by atoms with Crippen molar-refractivity contribution in [3.05, 3.63) is 41.5 Å². The summed E-state index contributed by atoms with van der Waals surface area (Å²) in [6, 6.07) is 3.38. The molecule has 1 aromatic carbocycles. The third kappa shape index (κ3) is 4.32. The summed E-state index contributed by atoms with van der Waals surface area (Å²) in [7, 11) is -2.52. The third-order valence-electron chi connectivity index (χ3n) is 2.52. The second-order valence-corrected chi connectivity index (χ2v) is 5.87. The van der Waals surface area contributed by atoms with Gasteiger partial charge in [0.15, 0.2) is 0 Å². The van der Waals surface area contributed by atoms with Gasteiger partial charge >= 0.3 is 0 Å². The largest absolute Gasteiger partial charge is 0.744 e. The van der Waals surface area contributed by atoms with Crippen LogP contribution in [-0.2, 0) is 17.2 Å². The topological polar surface area (TPSA) is 105 Å². The summed E-state index contributed by atoms with van der Waals surface area (Å²) >= 11 is 0. The second kappa shape index (κ2) is 6.02. The Labute approximate surface area is 118 Å². The van der Waals surface area contributed by atoms with Gasteiger partial charge in [0.25, 0.3) is 6.33 Å². The van der Waals surface area contributed by atoms with Crippen molar-refractivity contribution in [3.8, 4) is 0 Å². The molecule has 8 heteroatoms. The van der Waals surface area contributed by atoms with Crippen molar-refractivity contribution in [2.45, 2.75) is 25.7 Å². The fourth-order valence-electron chi connectivity index (χ4n) is 1.95. The Kier molecular flexibility index (Phi) is 4.85. The minimum atomic E-state index is -4.33. The first-order chi connectivity index (χ1) is 9.11. The summed E-state index contributed by atoms with van der Waals surface area (Å²) in [5, 5.41) is 3.77. The second-order valence-electron chi connectivity index (χ2n) is 4.55. The molecular weight excluding hydrogens is 280 g/mol. The Morgan fingerprint density at radius 3 is 2.00 bits per heavy atom. The number of benzene rings is 1. The number of aromatic nitrogens is 3. The highest BCUT2D eigenvalue weighted by atomic mass is 32.2. The van der Waals surface area contributed by atoms with E-state index in [1.54, 1.807) is 37.0 Å². The fraction of sp³-hybridized carbons (Fsp3) is 0.333. The molecule has 0 atom stereocenters. The Morgan fingerprint density at radius 2 is 1.75 bits per heavy atom. The average molecular weight is 298 g/mol. The zero-order chi connectivity index (χ0) is 15.5. The zero-order valence-electron chi connectivity index (χ0n) is 11.9. The smallest absolute Gasteiger partial charge is 0.286 e. The highest BCUT2D eigenvalue weighted by Crippen LogP contribution is 2.20. The monoisotopic (exact) mass is 298 g/mol. The molecule has 2 N–H and O–H groups in total. The van der Waals surface area contributed by atoms with E-state index in [4.69, 9.17) is 5.84 Å². The summed E-state index contributed by atoms with van der Waals surface area (Å²) in [5.41, 5.74) is 2.00. The van der Waals surface area contributed by atoms with E-state index in [9.17, 15) is 13.0 Å². The molecule has 1 aromatic heterocycles. The molecule has 7 nitrogen and oxygen atoms in total. The number of nitrogens with zero attached hydrogens (tertiary/aromatic N) is 3. The highest BCUT2D eigenvalue weighted by molar-refractivity contribution is 7.85.